The molecule has 0 saturated heterocycles. The van der Waals surface area contributed by atoms with Crippen molar-refractivity contribution in [1.82, 2.24) is 14.5 Å². The van der Waals surface area contributed by atoms with E-state index in [2.05, 4.69) is 5.32 Å². The summed E-state index contributed by atoms with van der Waals surface area (Å²) in [6.45, 7) is 2.50. The van der Waals surface area contributed by atoms with E-state index in [0.29, 0.717) is 12.3 Å². The van der Waals surface area contributed by atoms with E-state index in [1.54, 1.807) is 21.3 Å². The fourth-order valence-electron chi connectivity index (χ4n) is 2.87. The van der Waals surface area contributed by atoms with E-state index in [4.69, 9.17) is 9.15 Å². The smallest absolute Gasteiger partial charge is 0.329 e. The van der Waals surface area contributed by atoms with Gasteiger partial charge >= 0.3 is 11.7 Å². The summed E-state index contributed by atoms with van der Waals surface area (Å²) in [7, 11) is 0. The van der Waals surface area contributed by atoms with Gasteiger partial charge in [-0.3, -0.25) is 18.7 Å². The second-order valence-corrected chi connectivity index (χ2v) is 5.93. The van der Waals surface area contributed by atoms with Crippen molar-refractivity contribution in [3.05, 3.63) is 58.9 Å². The highest BCUT2D eigenvalue weighted by Crippen LogP contribution is 2.13. The zero-order valence-electron chi connectivity index (χ0n) is 15.0. The molecule has 1 N–H and O–H groups in total. The van der Waals surface area contributed by atoms with Crippen LogP contribution >= 0.6 is 0 Å². The average Bonchev–Trinajstić information content (AvgIpc) is 3.28. The molecule has 3 rings (SSSR count). The number of carbonyl (C=O) groups excluding carboxylic acids is 2. The Kier molecular flexibility index (Phi) is 5.75. The summed E-state index contributed by atoms with van der Waals surface area (Å²) in [6.07, 6.45) is 1.52. The van der Waals surface area contributed by atoms with Crippen molar-refractivity contribution in [2.75, 3.05) is 6.61 Å². The third-order valence-corrected chi connectivity index (χ3v) is 4.19. The van der Waals surface area contributed by atoms with Gasteiger partial charge in [-0.25, -0.2) is 4.79 Å². The summed E-state index contributed by atoms with van der Waals surface area (Å²) in [4.78, 5) is 36.1. The van der Waals surface area contributed by atoms with Crippen LogP contribution in [0.1, 0.15) is 19.1 Å². The molecule has 27 heavy (non-hydrogen) atoms. The number of furan rings is 1. The maximum Gasteiger partial charge on any atom is 0.329 e. The number of nitrogens with zero attached hydrogens (tertiary/aromatic N) is 2. The first-order valence-corrected chi connectivity index (χ1v) is 8.73. The lowest BCUT2D eigenvalue weighted by molar-refractivity contribution is -0.148. The monoisotopic (exact) mass is 371 g/mol. The first-order chi connectivity index (χ1) is 13.1. The van der Waals surface area contributed by atoms with E-state index in [0.717, 1.165) is 11.0 Å². The van der Waals surface area contributed by atoms with Crippen LogP contribution < -0.4 is 11.0 Å². The summed E-state index contributed by atoms with van der Waals surface area (Å²) >= 11 is 0. The SMILES string of the molecule is CCn1c(=O)n(CCC(=O)OCC(=O)NCc2ccco2)c2ccccc21. The number of hydrogen-bond donors (Lipinski definition) is 1. The molecule has 0 atom stereocenters. The number of para-hydroxylation sites is 2. The molecule has 8 heteroatoms. The van der Waals surface area contributed by atoms with Gasteiger partial charge in [0.2, 0.25) is 0 Å². The Hall–Kier alpha value is -3.29. The number of imidazole rings is 1. The van der Waals surface area contributed by atoms with E-state index in [1.165, 1.54) is 6.26 Å². The van der Waals surface area contributed by atoms with Gasteiger partial charge in [0.1, 0.15) is 5.76 Å². The van der Waals surface area contributed by atoms with Crippen molar-refractivity contribution in [3.8, 4) is 0 Å². The maximum absolute atomic E-state index is 12.5. The lowest BCUT2D eigenvalue weighted by atomic mass is 10.3. The summed E-state index contributed by atoms with van der Waals surface area (Å²) in [5.41, 5.74) is 1.44. The van der Waals surface area contributed by atoms with Crippen LogP contribution in [-0.2, 0) is 34.0 Å². The van der Waals surface area contributed by atoms with Gasteiger partial charge in [-0.05, 0) is 31.2 Å². The number of hydrogen-bond acceptors (Lipinski definition) is 5. The Labute approximate surface area is 155 Å². The number of benzene rings is 1. The van der Waals surface area contributed by atoms with Crippen molar-refractivity contribution in [2.24, 2.45) is 0 Å². The molecule has 2 aromatic heterocycles. The largest absolute Gasteiger partial charge is 0.467 e. The van der Waals surface area contributed by atoms with Gasteiger partial charge < -0.3 is 14.5 Å². The van der Waals surface area contributed by atoms with Crippen molar-refractivity contribution >= 4 is 22.9 Å². The molecule has 1 aromatic carbocycles. The Morgan fingerprint density at radius 3 is 2.52 bits per heavy atom. The van der Waals surface area contributed by atoms with E-state index < -0.39 is 11.9 Å². The normalized spacial score (nSPS) is 10.9. The minimum Gasteiger partial charge on any atom is -0.467 e. The summed E-state index contributed by atoms with van der Waals surface area (Å²) in [6, 6.07) is 10.9. The quantitative estimate of drug-likeness (QED) is 0.608. The number of aryl methyl sites for hydroxylation is 2. The molecule has 0 aliphatic rings. The fraction of sp³-hybridized carbons (Fsp3) is 0.316. The highest BCUT2D eigenvalue weighted by molar-refractivity contribution is 5.80. The summed E-state index contributed by atoms with van der Waals surface area (Å²) < 4.78 is 13.3. The molecule has 0 bridgehead atoms. The highest BCUT2D eigenvalue weighted by atomic mass is 16.5. The number of aromatic nitrogens is 2. The minimum absolute atomic E-state index is 0.00307. The molecule has 0 radical (unpaired) electrons. The van der Waals surface area contributed by atoms with E-state index in [1.807, 2.05) is 31.2 Å². The first kappa shape index (κ1) is 18.5. The number of amides is 1. The molecule has 8 nitrogen and oxygen atoms in total. The molecule has 0 fully saturated rings. The van der Waals surface area contributed by atoms with Crippen LogP contribution in [-0.4, -0.2) is 27.6 Å². The molecule has 0 aliphatic heterocycles. The third kappa shape index (κ3) is 4.28. The third-order valence-electron chi connectivity index (χ3n) is 4.19. The number of carbonyl (C=O) groups is 2. The van der Waals surface area contributed by atoms with Gasteiger partial charge in [0, 0.05) is 13.1 Å². The van der Waals surface area contributed by atoms with Gasteiger partial charge in [0.25, 0.3) is 5.91 Å². The van der Waals surface area contributed by atoms with Gasteiger partial charge in [0.05, 0.1) is 30.3 Å². The first-order valence-electron chi connectivity index (χ1n) is 8.73. The molecule has 1 amide bonds. The predicted molar refractivity (Wildman–Crippen MR) is 98.0 cm³/mol. The topological polar surface area (TPSA) is 95.5 Å². The maximum atomic E-state index is 12.5. The fourth-order valence-corrected chi connectivity index (χ4v) is 2.87. The lowest BCUT2D eigenvalue weighted by Crippen LogP contribution is -2.29. The number of fused-ring (bicyclic) bond motifs is 1. The van der Waals surface area contributed by atoms with Crippen LogP contribution in [0.5, 0.6) is 0 Å². The van der Waals surface area contributed by atoms with Gasteiger partial charge in [-0.2, -0.15) is 0 Å². The van der Waals surface area contributed by atoms with Crippen LogP contribution in [0.4, 0.5) is 0 Å². The van der Waals surface area contributed by atoms with Crippen molar-refractivity contribution < 1.29 is 18.7 Å². The van der Waals surface area contributed by atoms with Gasteiger partial charge in [-0.15, -0.1) is 0 Å². The zero-order chi connectivity index (χ0) is 19.2. The molecular weight excluding hydrogens is 350 g/mol. The van der Waals surface area contributed by atoms with Crippen LogP contribution in [0.3, 0.4) is 0 Å². The summed E-state index contributed by atoms with van der Waals surface area (Å²) in [5.74, 6) is -0.343. The molecular formula is C19H21N3O5. The van der Waals surface area contributed by atoms with Crippen LogP contribution in [0.25, 0.3) is 11.0 Å². The minimum atomic E-state index is -0.539. The van der Waals surface area contributed by atoms with Gasteiger partial charge in [-0.1, -0.05) is 12.1 Å². The zero-order valence-corrected chi connectivity index (χ0v) is 15.0. The molecule has 0 aliphatic carbocycles. The van der Waals surface area contributed by atoms with Crippen LogP contribution in [0.15, 0.2) is 51.9 Å². The van der Waals surface area contributed by atoms with E-state index in [-0.39, 0.29) is 31.8 Å². The van der Waals surface area contributed by atoms with Crippen molar-refractivity contribution in [3.63, 3.8) is 0 Å². The van der Waals surface area contributed by atoms with Crippen LogP contribution in [0.2, 0.25) is 0 Å². The number of nitrogens with one attached hydrogen (secondary N) is 1. The molecule has 3 aromatic rings. The van der Waals surface area contributed by atoms with Crippen molar-refractivity contribution in [2.45, 2.75) is 33.0 Å². The Bertz CT molecular complexity index is 985. The van der Waals surface area contributed by atoms with E-state index in [9.17, 15) is 14.4 Å². The number of ether oxygens (including phenoxy) is 1. The Balaban J connectivity index is 1.52. The molecule has 0 spiro atoms. The number of rotatable bonds is 8. The van der Waals surface area contributed by atoms with Gasteiger partial charge in [0.15, 0.2) is 6.61 Å². The molecule has 0 unspecified atom stereocenters. The van der Waals surface area contributed by atoms with Crippen molar-refractivity contribution in [1.29, 1.82) is 0 Å². The number of esters is 1. The predicted octanol–water partition coefficient (Wildman–Crippen LogP) is 1.67. The molecule has 0 saturated carbocycles. The average molecular weight is 371 g/mol. The van der Waals surface area contributed by atoms with Crippen LogP contribution in [0, 0.1) is 0 Å². The Morgan fingerprint density at radius 2 is 1.85 bits per heavy atom. The second kappa shape index (κ2) is 8.39. The second-order valence-electron chi connectivity index (χ2n) is 5.93. The summed E-state index contributed by atoms with van der Waals surface area (Å²) in [5, 5.41) is 2.59. The lowest BCUT2D eigenvalue weighted by Gasteiger charge is -2.06. The highest BCUT2D eigenvalue weighted by Gasteiger charge is 2.14. The molecule has 2 heterocycles. The van der Waals surface area contributed by atoms with E-state index >= 15 is 0 Å². The standard InChI is InChI=1S/C19H21N3O5/c1-2-21-15-7-3-4-8-16(15)22(19(21)25)10-9-18(24)27-13-17(23)20-12-14-6-5-11-26-14/h3-8,11H,2,9-10,12-13H2,1H3,(H,20,23). The molecule has 142 valence electrons. The Morgan fingerprint density at radius 1 is 1.11 bits per heavy atom.